The molecule has 0 unspecified atom stereocenters. The van der Waals surface area contributed by atoms with Crippen molar-refractivity contribution < 1.29 is 9.53 Å². The van der Waals surface area contributed by atoms with Crippen LogP contribution in [-0.2, 0) is 11.2 Å². The first kappa shape index (κ1) is 17.9. The molecular weight excluding hydrogens is 328 g/mol. The molecule has 1 aromatic carbocycles. The molecule has 0 radical (unpaired) electrons. The molecule has 26 heavy (non-hydrogen) atoms. The molecule has 0 fully saturated rings. The van der Waals surface area contributed by atoms with Gasteiger partial charge in [-0.25, -0.2) is 0 Å². The Morgan fingerprint density at radius 3 is 2.62 bits per heavy atom. The third-order valence-electron chi connectivity index (χ3n) is 4.22. The van der Waals surface area contributed by atoms with Crippen molar-refractivity contribution in [3.05, 3.63) is 60.0 Å². The fraction of sp³-hybridized carbons (Fsp3) is 0.350. The molecule has 0 saturated carbocycles. The number of nitrogens with one attached hydrogen (secondary N) is 1. The Bertz CT molecular complexity index is 871. The Morgan fingerprint density at radius 2 is 1.92 bits per heavy atom. The van der Waals surface area contributed by atoms with Crippen molar-refractivity contribution in [3.8, 4) is 5.75 Å². The van der Waals surface area contributed by atoms with E-state index in [0.717, 1.165) is 29.2 Å². The van der Waals surface area contributed by atoms with Crippen molar-refractivity contribution in [2.75, 3.05) is 7.11 Å². The van der Waals surface area contributed by atoms with Gasteiger partial charge in [-0.15, -0.1) is 10.2 Å². The Labute approximate surface area is 153 Å². The fourth-order valence-corrected chi connectivity index (χ4v) is 2.97. The van der Waals surface area contributed by atoms with Gasteiger partial charge in [-0.05, 0) is 42.2 Å². The first-order valence-electron chi connectivity index (χ1n) is 8.78. The number of hydrogen-bond acceptors (Lipinski definition) is 4. The minimum absolute atomic E-state index is 0.0338. The van der Waals surface area contributed by atoms with Gasteiger partial charge in [0.2, 0.25) is 5.91 Å². The summed E-state index contributed by atoms with van der Waals surface area (Å²) in [4.78, 5) is 12.6. The molecule has 1 amide bonds. The van der Waals surface area contributed by atoms with Gasteiger partial charge in [0.05, 0.1) is 19.6 Å². The smallest absolute Gasteiger partial charge is 0.225 e. The Kier molecular flexibility index (Phi) is 5.51. The van der Waals surface area contributed by atoms with Crippen LogP contribution in [-0.4, -0.2) is 27.6 Å². The third-order valence-corrected chi connectivity index (χ3v) is 4.22. The second kappa shape index (κ2) is 7.99. The van der Waals surface area contributed by atoms with E-state index < -0.39 is 0 Å². The van der Waals surface area contributed by atoms with Crippen molar-refractivity contribution in [3.63, 3.8) is 0 Å². The summed E-state index contributed by atoms with van der Waals surface area (Å²) in [6.45, 7) is 4.26. The molecule has 1 N–H and O–H groups in total. The van der Waals surface area contributed by atoms with E-state index in [1.807, 2.05) is 53.1 Å². The molecule has 3 rings (SSSR count). The van der Waals surface area contributed by atoms with Gasteiger partial charge >= 0.3 is 0 Å². The van der Waals surface area contributed by atoms with Crippen LogP contribution in [0.4, 0.5) is 0 Å². The maximum absolute atomic E-state index is 12.6. The lowest BCUT2D eigenvalue weighted by Gasteiger charge is -2.19. The molecule has 0 aliphatic heterocycles. The quantitative estimate of drug-likeness (QED) is 0.709. The molecule has 2 heterocycles. The fourth-order valence-electron chi connectivity index (χ4n) is 2.97. The van der Waals surface area contributed by atoms with E-state index in [0.29, 0.717) is 12.3 Å². The first-order valence-corrected chi connectivity index (χ1v) is 8.78. The number of pyridine rings is 1. The minimum Gasteiger partial charge on any atom is -0.497 e. The van der Waals surface area contributed by atoms with Gasteiger partial charge in [0.25, 0.3) is 0 Å². The summed E-state index contributed by atoms with van der Waals surface area (Å²) < 4.78 is 7.09. The number of ether oxygens (including phenoxy) is 1. The second-order valence-corrected chi connectivity index (χ2v) is 6.76. The Morgan fingerprint density at radius 1 is 1.15 bits per heavy atom. The zero-order valence-corrected chi connectivity index (χ0v) is 15.3. The highest BCUT2D eigenvalue weighted by molar-refractivity contribution is 5.79. The highest BCUT2D eigenvalue weighted by Gasteiger charge is 2.21. The van der Waals surface area contributed by atoms with Gasteiger partial charge in [0.15, 0.2) is 11.5 Å². The van der Waals surface area contributed by atoms with E-state index in [1.54, 1.807) is 7.11 Å². The van der Waals surface area contributed by atoms with Crippen LogP contribution in [0.2, 0.25) is 0 Å². The summed E-state index contributed by atoms with van der Waals surface area (Å²) in [7, 11) is 1.63. The zero-order valence-electron chi connectivity index (χ0n) is 15.3. The van der Waals surface area contributed by atoms with Gasteiger partial charge in [0, 0.05) is 6.20 Å². The lowest BCUT2D eigenvalue weighted by atomic mass is 10.0. The first-order chi connectivity index (χ1) is 12.6. The minimum atomic E-state index is -0.182. The van der Waals surface area contributed by atoms with E-state index in [-0.39, 0.29) is 11.9 Å². The SMILES string of the molecule is COc1ccc(CC(=O)N[C@@H](CC(C)C)c2nnc3ccccn23)cc1. The number of benzene rings is 1. The van der Waals surface area contributed by atoms with Gasteiger partial charge in [0.1, 0.15) is 5.75 Å². The lowest BCUT2D eigenvalue weighted by molar-refractivity contribution is -0.121. The highest BCUT2D eigenvalue weighted by atomic mass is 16.5. The van der Waals surface area contributed by atoms with Crippen LogP contribution in [0.5, 0.6) is 5.75 Å². The Hall–Kier alpha value is -2.89. The van der Waals surface area contributed by atoms with Crippen LogP contribution < -0.4 is 10.1 Å². The molecule has 6 heteroatoms. The van der Waals surface area contributed by atoms with Crippen LogP contribution in [0.1, 0.15) is 37.7 Å². The number of methoxy groups -OCH3 is 1. The summed E-state index contributed by atoms with van der Waals surface area (Å²) in [5.41, 5.74) is 1.72. The number of fused-ring (bicyclic) bond motifs is 1. The lowest BCUT2D eigenvalue weighted by Crippen LogP contribution is -2.32. The normalized spacial score (nSPS) is 12.3. The number of nitrogens with zero attached hydrogens (tertiary/aromatic N) is 3. The molecule has 3 aromatic rings. The van der Waals surface area contributed by atoms with Crippen molar-refractivity contribution >= 4 is 11.6 Å². The molecule has 6 nitrogen and oxygen atoms in total. The van der Waals surface area contributed by atoms with Crippen molar-refractivity contribution in [2.45, 2.75) is 32.7 Å². The third kappa shape index (κ3) is 4.20. The van der Waals surface area contributed by atoms with Gasteiger partial charge in [-0.2, -0.15) is 0 Å². The number of rotatable bonds is 7. The average Bonchev–Trinajstić information content (AvgIpc) is 3.05. The summed E-state index contributed by atoms with van der Waals surface area (Å²) in [5.74, 6) is 1.92. The standard InChI is InChI=1S/C20H24N4O2/c1-14(2)12-17(20-23-22-18-6-4-5-11-24(18)20)21-19(25)13-15-7-9-16(26-3)10-8-15/h4-11,14,17H,12-13H2,1-3H3,(H,21,25)/t17-/m0/s1. The van der Waals surface area contributed by atoms with E-state index in [2.05, 4.69) is 29.4 Å². The molecule has 0 saturated heterocycles. The maximum Gasteiger partial charge on any atom is 0.225 e. The van der Waals surface area contributed by atoms with Gasteiger partial charge in [-0.3, -0.25) is 9.20 Å². The van der Waals surface area contributed by atoms with Crippen molar-refractivity contribution in [2.24, 2.45) is 5.92 Å². The van der Waals surface area contributed by atoms with Crippen LogP contribution in [0.3, 0.4) is 0 Å². The van der Waals surface area contributed by atoms with Crippen LogP contribution in [0.15, 0.2) is 48.7 Å². The molecule has 136 valence electrons. The predicted octanol–water partition coefficient (Wildman–Crippen LogP) is 3.18. The number of carbonyl (C=O) groups is 1. The van der Waals surface area contributed by atoms with Crippen LogP contribution in [0.25, 0.3) is 5.65 Å². The average molecular weight is 352 g/mol. The number of aromatic nitrogens is 3. The van der Waals surface area contributed by atoms with Crippen LogP contribution in [0, 0.1) is 5.92 Å². The molecule has 0 spiro atoms. The molecule has 0 bridgehead atoms. The largest absolute Gasteiger partial charge is 0.497 e. The molecular formula is C20H24N4O2. The maximum atomic E-state index is 12.6. The van der Waals surface area contributed by atoms with E-state index in [4.69, 9.17) is 4.74 Å². The van der Waals surface area contributed by atoms with Crippen molar-refractivity contribution in [1.82, 2.24) is 19.9 Å². The predicted molar refractivity (Wildman–Crippen MR) is 100 cm³/mol. The molecule has 2 aromatic heterocycles. The number of amides is 1. The van der Waals surface area contributed by atoms with E-state index >= 15 is 0 Å². The summed E-state index contributed by atoms with van der Waals surface area (Å²) in [5, 5.41) is 11.6. The Balaban J connectivity index is 1.76. The van der Waals surface area contributed by atoms with E-state index in [1.165, 1.54) is 0 Å². The van der Waals surface area contributed by atoms with Crippen molar-refractivity contribution in [1.29, 1.82) is 0 Å². The number of hydrogen-bond donors (Lipinski definition) is 1. The zero-order chi connectivity index (χ0) is 18.5. The van der Waals surface area contributed by atoms with E-state index in [9.17, 15) is 4.79 Å². The molecule has 0 aliphatic rings. The molecule has 1 atom stereocenters. The summed E-state index contributed by atoms with van der Waals surface area (Å²) in [6.07, 6.45) is 3.03. The summed E-state index contributed by atoms with van der Waals surface area (Å²) in [6, 6.07) is 13.1. The second-order valence-electron chi connectivity index (χ2n) is 6.76. The van der Waals surface area contributed by atoms with Crippen LogP contribution >= 0.6 is 0 Å². The topological polar surface area (TPSA) is 68.5 Å². The highest BCUT2D eigenvalue weighted by Crippen LogP contribution is 2.21. The summed E-state index contributed by atoms with van der Waals surface area (Å²) >= 11 is 0. The van der Waals surface area contributed by atoms with Gasteiger partial charge in [-0.1, -0.05) is 32.0 Å². The van der Waals surface area contributed by atoms with Gasteiger partial charge < -0.3 is 10.1 Å². The number of carbonyl (C=O) groups excluding carboxylic acids is 1. The monoisotopic (exact) mass is 352 g/mol. The molecule has 0 aliphatic carbocycles.